The zero-order valence-electron chi connectivity index (χ0n) is 17.8. The van der Waals surface area contributed by atoms with E-state index in [4.69, 9.17) is 4.74 Å². The Labute approximate surface area is 179 Å². The zero-order valence-corrected chi connectivity index (χ0v) is 18.6. The molecular formula is C24H35F3OS. The molecule has 1 nitrogen and oxygen atoms in total. The Bertz CT molecular complexity index is 585. The number of hydrogen-bond donors (Lipinski definition) is 0. The van der Waals surface area contributed by atoms with Crippen molar-refractivity contribution in [3.8, 4) is 11.8 Å². The topological polar surface area (TPSA) is 9.23 Å². The highest BCUT2D eigenvalue weighted by atomic mass is 32.2. The molecule has 0 saturated carbocycles. The third-order valence-electron chi connectivity index (χ3n) is 4.42. The number of ether oxygens (including phenoxy) is 1. The van der Waals surface area contributed by atoms with Crippen LogP contribution in [0.15, 0.2) is 24.3 Å². The van der Waals surface area contributed by atoms with Crippen LogP contribution in [0.1, 0.15) is 82.8 Å². The van der Waals surface area contributed by atoms with Crippen molar-refractivity contribution >= 4 is 11.8 Å². The van der Waals surface area contributed by atoms with Crippen LogP contribution < -0.4 is 0 Å². The SMILES string of the molecule is CC(C)OCCCSCCCCCCCCCC#Cc1ccc(C(F)(F)F)cc1. The lowest BCUT2D eigenvalue weighted by Crippen LogP contribution is -2.04. The highest BCUT2D eigenvalue weighted by Crippen LogP contribution is 2.28. The van der Waals surface area contributed by atoms with Crippen molar-refractivity contribution in [2.45, 2.75) is 83.9 Å². The lowest BCUT2D eigenvalue weighted by Gasteiger charge is -2.06. The number of alkyl halides is 3. The van der Waals surface area contributed by atoms with E-state index in [-0.39, 0.29) is 0 Å². The summed E-state index contributed by atoms with van der Waals surface area (Å²) in [6.07, 6.45) is 6.66. The number of benzene rings is 1. The number of rotatable bonds is 14. The summed E-state index contributed by atoms with van der Waals surface area (Å²) in [5.41, 5.74) is 0.0150. The summed E-state index contributed by atoms with van der Waals surface area (Å²) >= 11 is 2.03. The molecule has 1 aromatic rings. The van der Waals surface area contributed by atoms with Crippen molar-refractivity contribution in [3.63, 3.8) is 0 Å². The maximum Gasteiger partial charge on any atom is 0.416 e. The molecule has 29 heavy (non-hydrogen) atoms. The first-order chi connectivity index (χ1) is 13.9. The number of hydrogen-bond acceptors (Lipinski definition) is 2. The van der Waals surface area contributed by atoms with Gasteiger partial charge in [0.15, 0.2) is 0 Å². The average Bonchev–Trinajstić information content (AvgIpc) is 2.67. The van der Waals surface area contributed by atoms with Gasteiger partial charge in [-0.05, 0) is 68.9 Å². The largest absolute Gasteiger partial charge is 0.416 e. The average molecular weight is 429 g/mol. The van der Waals surface area contributed by atoms with Gasteiger partial charge in [0.1, 0.15) is 0 Å². The molecule has 0 heterocycles. The molecule has 0 aromatic heterocycles. The number of unbranched alkanes of at least 4 members (excludes halogenated alkanes) is 7. The maximum absolute atomic E-state index is 12.5. The van der Waals surface area contributed by atoms with Crippen molar-refractivity contribution in [2.24, 2.45) is 0 Å². The molecule has 5 heteroatoms. The molecule has 0 aliphatic rings. The standard InChI is InChI=1S/C24H35F3OS/c1-21(2)28-18-12-20-29-19-11-9-7-5-3-4-6-8-10-13-22-14-16-23(17-15-22)24(25,26)27/h14-17,21H,3-9,11-12,18-20H2,1-2H3. The van der Waals surface area contributed by atoms with Crippen LogP contribution in [0.3, 0.4) is 0 Å². The Balaban J connectivity index is 1.91. The van der Waals surface area contributed by atoms with Crippen LogP contribution in [0.4, 0.5) is 13.2 Å². The van der Waals surface area contributed by atoms with E-state index in [0.717, 1.165) is 38.0 Å². The smallest absolute Gasteiger partial charge is 0.379 e. The predicted molar refractivity (Wildman–Crippen MR) is 118 cm³/mol. The fourth-order valence-corrected chi connectivity index (χ4v) is 3.72. The van der Waals surface area contributed by atoms with Gasteiger partial charge in [-0.1, -0.05) is 43.9 Å². The van der Waals surface area contributed by atoms with Gasteiger partial charge in [0.2, 0.25) is 0 Å². The number of thioether (sulfide) groups is 1. The fourth-order valence-electron chi connectivity index (χ4n) is 2.79. The van der Waals surface area contributed by atoms with Gasteiger partial charge in [-0.3, -0.25) is 0 Å². The van der Waals surface area contributed by atoms with Crippen LogP contribution in [0, 0.1) is 11.8 Å². The first-order valence-electron chi connectivity index (χ1n) is 10.7. The Morgan fingerprint density at radius 1 is 0.862 bits per heavy atom. The molecule has 0 unspecified atom stereocenters. The third kappa shape index (κ3) is 14.5. The van der Waals surface area contributed by atoms with Gasteiger partial charge < -0.3 is 4.74 Å². The normalized spacial score (nSPS) is 11.5. The minimum Gasteiger partial charge on any atom is -0.379 e. The van der Waals surface area contributed by atoms with E-state index in [0.29, 0.717) is 11.7 Å². The molecule has 0 aliphatic heterocycles. The zero-order chi connectivity index (χ0) is 21.4. The molecule has 0 spiro atoms. The van der Waals surface area contributed by atoms with Crippen LogP contribution in [-0.2, 0) is 10.9 Å². The minimum absolute atomic E-state index is 0.339. The van der Waals surface area contributed by atoms with Crippen LogP contribution in [0.25, 0.3) is 0 Å². The van der Waals surface area contributed by atoms with Gasteiger partial charge >= 0.3 is 6.18 Å². The highest BCUT2D eigenvalue weighted by molar-refractivity contribution is 7.99. The van der Waals surface area contributed by atoms with Crippen LogP contribution >= 0.6 is 11.8 Å². The Kier molecular flexibility index (Phi) is 14.0. The Morgan fingerprint density at radius 3 is 2.07 bits per heavy atom. The van der Waals surface area contributed by atoms with Gasteiger partial charge in [-0.2, -0.15) is 24.9 Å². The molecule has 0 fully saturated rings. The van der Waals surface area contributed by atoms with Gasteiger partial charge in [0.05, 0.1) is 11.7 Å². The van der Waals surface area contributed by atoms with E-state index in [1.807, 2.05) is 11.8 Å². The summed E-state index contributed by atoms with van der Waals surface area (Å²) in [6.45, 7) is 5.02. The Hall–Kier alpha value is -1.12. The second-order valence-corrected chi connectivity index (χ2v) is 8.71. The third-order valence-corrected chi connectivity index (χ3v) is 5.57. The summed E-state index contributed by atoms with van der Waals surface area (Å²) in [4.78, 5) is 0. The maximum atomic E-state index is 12.5. The van der Waals surface area contributed by atoms with Gasteiger partial charge in [0, 0.05) is 18.6 Å². The lowest BCUT2D eigenvalue weighted by atomic mass is 10.1. The van der Waals surface area contributed by atoms with Gasteiger partial charge in [0.25, 0.3) is 0 Å². The molecule has 1 aromatic carbocycles. The van der Waals surface area contributed by atoms with Crippen molar-refractivity contribution in [2.75, 3.05) is 18.1 Å². The number of halogens is 3. The van der Waals surface area contributed by atoms with E-state index in [1.165, 1.54) is 62.2 Å². The molecule has 0 bridgehead atoms. The molecule has 0 atom stereocenters. The highest BCUT2D eigenvalue weighted by Gasteiger charge is 2.29. The van der Waals surface area contributed by atoms with Crippen LogP contribution in [0.5, 0.6) is 0 Å². The second kappa shape index (κ2) is 15.7. The molecule has 164 valence electrons. The van der Waals surface area contributed by atoms with Crippen LogP contribution in [0.2, 0.25) is 0 Å². The van der Waals surface area contributed by atoms with Crippen molar-refractivity contribution in [1.29, 1.82) is 0 Å². The van der Waals surface area contributed by atoms with E-state index in [9.17, 15) is 13.2 Å². The summed E-state index contributed by atoms with van der Waals surface area (Å²) in [5, 5.41) is 0. The molecule has 0 amide bonds. The van der Waals surface area contributed by atoms with Crippen molar-refractivity contribution < 1.29 is 17.9 Å². The first kappa shape index (κ1) is 25.9. The summed E-state index contributed by atoms with van der Waals surface area (Å²) in [5.74, 6) is 8.45. The van der Waals surface area contributed by atoms with Gasteiger partial charge in [-0.25, -0.2) is 0 Å². The van der Waals surface area contributed by atoms with E-state index >= 15 is 0 Å². The molecule has 0 radical (unpaired) electrons. The quantitative estimate of drug-likeness (QED) is 0.221. The van der Waals surface area contributed by atoms with E-state index in [1.54, 1.807) is 0 Å². The predicted octanol–water partition coefficient (Wildman–Crippen LogP) is 7.73. The second-order valence-electron chi connectivity index (χ2n) is 7.49. The van der Waals surface area contributed by atoms with Crippen LogP contribution in [-0.4, -0.2) is 24.2 Å². The van der Waals surface area contributed by atoms with Gasteiger partial charge in [-0.15, -0.1) is 0 Å². The Morgan fingerprint density at radius 2 is 1.45 bits per heavy atom. The molecular weight excluding hydrogens is 393 g/mol. The lowest BCUT2D eigenvalue weighted by molar-refractivity contribution is -0.137. The molecule has 0 aliphatic carbocycles. The summed E-state index contributed by atoms with van der Waals surface area (Å²) < 4.78 is 43.0. The van der Waals surface area contributed by atoms with Crippen molar-refractivity contribution in [3.05, 3.63) is 35.4 Å². The monoisotopic (exact) mass is 428 g/mol. The van der Waals surface area contributed by atoms with Crippen molar-refractivity contribution in [1.82, 2.24) is 0 Å². The molecule has 1 rings (SSSR count). The molecule has 0 N–H and O–H groups in total. The summed E-state index contributed by atoms with van der Waals surface area (Å²) in [7, 11) is 0. The summed E-state index contributed by atoms with van der Waals surface area (Å²) in [6, 6.07) is 5.05. The minimum atomic E-state index is -4.28. The fraction of sp³-hybridized carbons (Fsp3) is 0.667. The van der Waals surface area contributed by atoms with E-state index in [2.05, 4.69) is 25.7 Å². The van der Waals surface area contributed by atoms with E-state index < -0.39 is 11.7 Å². The molecule has 0 saturated heterocycles. The first-order valence-corrected chi connectivity index (χ1v) is 11.9.